The lowest BCUT2D eigenvalue weighted by Crippen LogP contribution is -2.34. The van der Waals surface area contributed by atoms with Crippen LogP contribution < -0.4 is 4.90 Å². The number of anilines is 1. The molecule has 1 fully saturated rings. The summed E-state index contributed by atoms with van der Waals surface area (Å²) in [6, 6.07) is 0.405. The Morgan fingerprint density at radius 3 is 2.79 bits per heavy atom. The molecule has 0 aliphatic carbocycles. The summed E-state index contributed by atoms with van der Waals surface area (Å²) in [6.07, 6.45) is 4.05. The Balaban J connectivity index is 1.72. The molecule has 1 aliphatic heterocycles. The number of rotatable bonds is 3. The highest BCUT2D eigenvalue weighted by atomic mass is 32.1. The van der Waals surface area contributed by atoms with Gasteiger partial charge >= 0.3 is 0 Å². The molecule has 0 spiro atoms. The lowest BCUT2D eigenvalue weighted by atomic mass is 10.2. The highest BCUT2D eigenvalue weighted by molar-refractivity contribution is 7.18. The van der Waals surface area contributed by atoms with Crippen molar-refractivity contribution in [3.05, 3.63) is 28.4 Å². The van der Waals surface area contributed by atoms with E-state index in [0.29, 0.717) is 6.04 Å². The second kappa shape index (κ2) is 5.81. The number of nitrogens with zero attached hydrogens (tertiary/aromatic N) is 6. The van der Waals surface area contributed by atoms with Crippen molar-refractivity contribution >= 4 is 27.4 Å². The van der Waals surface area contributed by atoms with Crippen molar-refractivity contribution in [1.29, 1.82) is 0 Å². The standard InChI is InChI=1S/C17H22N6S/c1-10-11(2)24-17-15(10)16(18-9-19-17)22-7-5-6-14(22)8-23-13(4)20-12(3)21-23/h9,14H,5-8H2,1-4H3/t14-/m0/s1. The van der Waals surface area contributed by atoms with Crippen LogP contribution in [0.3, 0.4) is 0 Å². The molecule has 3 aromatic heterocycles. The maximum Gasteiger partial charge on any atom is 0.147 e. The SMILES string of the molecule is Cc1nc(C)n(C[C@@H]2CCCN2c2ncnc3sc(C)c(C)c23)n1. The zero-order valence-electron chi connectivity index (χ0n) is 14.6. The number of aromatic nitrogens is 5. The van der Waals surface area contributed by atoms with Crippen LogP contribution in [-0.4, -0.2) is 37.3 Å². The molecule has 0 saturated carbocycles. The van der Waals surface area contributed by atoms with Gasteiger partial charge in [0.1, 0.15) is 28.6 Å². The van der Waals surface area contributed by atoms with Gasteiger partial charge in [-0.25, -0.2) is 19.6 Å². The van der Waals surface area contributed by atoms with E-state index in [9.17, 15) is 0 Å². The zero-order chi connectivity index (χ0) is 16.8. The predicted octanol–water partition coefficient (Wildman–Crippen LogP) is 3.19. The maximum atomic E-state index is 4.66. The fourth-order valence-corrected chi connectivity index (χ4v) is 4.61. The van der Waals surface area contributed by atoms with E-state index in [0.717, 1.165) is 41.8 Å². The largest absolute Gasteiger partial charge is 0.351 e. The van der Waals surface area contributed by atoms with Crippen molar-refractivity contribution in [2.45, 2.75) is 53.1 Å². The molecule has 0 amide bonds. The summed E-state index contributed by atoms with van der Waals surface area (Å²) in [4.78, 5) is 18.4. The van der Waals surface area contributed by atoms with Crippen molar-refractivity contribution in [2.24, 2.45) is 0 Å². The Labute approximate surface area is 145 Å². The molecule has 0 aromatic carbocycles. The highest BCUT2D eigenvalue weighted by Crippen LogP contribution is 2.37. The van der Waals surface area contributed by atoms with Crippen LogP contribution in [0.1, 0.15) is 34.9 Å². The van der Waals surface area contributed by atoms with Crippen LogP contribution in [-0.2, 0) is 6.54 Å². The summed E-state index contributed by atoms with van der Waals surface area (Å²) >= 11 is 1.76. The van der Waals surface area contributed by atoms with Gasteiger partial charge in [0.2, 0.25) is 0 Å². The van der Waals surface area contributed by atoms with E-state index >= 15 is 0 Å². The first-order chi connectivity index (χ1) is 11.5. The van der Waals surface area contributed by atoms with Crippen LogP contribution in [0.15, 0.2) is 6.33 Å². The second-order valence-electron chi connectivity index (χ2n) is 6.54. The van der Waals surface area contributed by atoms with Crippen molar-refractivity contribution in [1.82, 2.24) is 24.7 Å². The number of hydrogen-bond donors (Lipinski definition) is 0. The van der Waals surface area contributed by atoms with E-state index in [1.54, 1.807) is 17.7 Å². The lowest BCUT2D eigenvalue weighted by Gasteiger charge is -2.26. The van der Waals surface area contributed by atoms with Crippen molar-refractivity contribution in [2.75, 3.05) is 11.4 Å². The summed E-state index contributed by atoms with van der Waals surface area (Å²) in [5, 5.41) is 5.75. The summed E-state index contributed by atoms with van der Waals surface area (Å²) in [6.45, 7) is 10.2. The summed E-state index contributed by atoms with van der Waals surface area (Å²) in [7, 11) is 0. The van der Waals surface area contributed by atoms with Crippen molar-refractivity contribution in [3.8, 4) is 0 Å². The van der Waals surface area contributed by atoms with Crippen LogP contribution >= 0.6 is 11.3 Å². The van der Waals surface area contributed by atoms with Gasteiger partial charge in [0, 0.05) is 11.4 Å². The van der Waals surface area contributed by atoms with E-state index in [4.69, 9.17) is 0 Å². The Morgan fingerprint density at radius 1 is 1.21 bits per heavy atom. The van der Waals surface area contributed by atoms with Crippen LogP contribution in [0.2, 0.25) is 0 Å². The molecule has 126 valence electrons. The molecule has 7 heteroatoms. The highest BCUT2D eigenvalue weighted by Gasteiger charge is 2.29. The average molecular weight is 342 g/mol. The van der Waals surface area contributed by atoms with Gasteiger partial charge in [-0.05, 0) is 46.1 Å². The monoisotopic (exact) mass is 342 g/mol. The van der Waals surface area contributed by atoms with Crippen LogP contribution in [0.5, 0.6) is 0 Å². The predicted molar refractivity (Wildman–Crippen MR) is 96.8 cm³/mol. The third-order valence-electron chi connectivity index (χ3n) is 4.94. The van der Waals surface area contributed by atoms with Crippen LogP contribution in [0.4, 0.5) is 5.82 Å². The minimum absolute atomic E-state index is 0.405. The molecular formula is C17H22N6S. The second-order valence-corrected chi connectivity index (χ2v) is 7.74. The molecule has 0 N–H and O–H groups in total. The first-order valence-electron chi connectivity index (χ1n) is 8.40. The van der Waals surface area contributed by atoms with Gasteiger partial charge in [-0.2, -0.15) is 5.10 Å². The molecule has 1 aliphatic rings. The minimum atomic E-state index is 0.405. The molecule has 0 radical (unpaired) electrons. The fourth-order valence-electron chi connectivity index (χ4n) is 3.62. The van der Waals surface area contributed by atoms with Gasteiger partial charge < -0.3 is 4.90 Å². The van der Waals surface area contributed by atoms with Gasteiger partial charge in [0.25, 0.3) is 0 Å². The molecule has 0 bridgehead atoms. The molecule has 0 unspecified atom stereocenters. The Bertz CT molecular complexity index is 896. The summed E-state index contributed by atoms with van der Waals surface area (Å²) < 4.78 is 2.03. The molecule has 3 aromatic rings. The Morgan fingerprint density at radius 2 is 2.04 bits per heavy atom. The third-order valence-corrected chi connectivity index (χ3v) is 6.06. The van der Waals surface area contributed by atoms with E-state index in [1.807, 2.05) is 18.5 Å². The van der Waals surface area contributed by atoms with Gasteiger partial charge in [-0.3, -0.25) is 0 Å². The number of hydrogen-bond acceptors (Lipinski definition) is 6. The van der Waals surface area contributed by atoms with E-state index < -0.39 is 0 Å². The van der Waals surface area contributed by atoms with Crippen molar-refractivity contribution < 1.29 is 0 Å². The molecule has 6 nitrogen and oxygen atoms in total. The van der Waals surface area contributed by atoms with E-state index in [2.05, 4.69) is 38.8 Å². The molecular weight excluding hydrogens is 320 g/mol. The first-order valence-corrected chi connectivity index (χ1v) is 9.21. The molecule has 1 saturated heterocycles. The smallest absolute Gasteiger partial charge is 0.147 e. The van der Waals surface area contributed by atoms with Crippen LogP contribution in [0, 0.1) is 27.7 Å². The quantitative estimate of drug-likeness (QED) is 0.731. The first kappa shape index (κ1) is 15.5. The van der Waals surface area contributed by atoms with Gasteiger partial charge in [0.15, 0.2) is 0 Å². The normalized spacial score (nSPS) is 18.0. The minimum Gasteiger partial charge on any atom is -0.351 e. The number of thiophene rings is 1. The summed E-state index contributed by atoms with van der Waals surface area (Å²) in [5.41, 5.74) is 1.31. The average Bonchev–Trinajstić information content (AvgIpc) is 3.20. The fraction of sp³-hybridized carbons (Fsp3) is 0.529. The zero-order valence-corrected chi connectivity index (χ0v) is 15.4. The molecule has 1 atom stereocenters. The lowest BCUT2D eigenvalue weighted by molar-refractivity contribution is 0.495. The number of fused-ring (bicyclic) bond motifs is 1. The third kappa shape index (κ3) is 2.47. The topological polar surface area (TPSA) is 59.7 Å². The maximum absolute atomic E-state index is 4.66. The van der Waals surface area contributed by atoms with Crippen LogP contribution in [0.25, 0.3) is 10.2 Å². The molecule has 4 rings (SSSR count). The molecule has 4 heterocycles. The van der Waals surface area contributed by atoms with Crippen molar-refractivity contribution in [3.63, 3.8) is 0 Å². The van der Waals surface area contributed by atoms with Gasteiger partial charge in [-0.1, -0.05) is 0 Å². The molecule has 24 heavy (non-hydrogen) atoms. The van der Waals surface area contributed by atoms with Gasteiger partial charge in [0.05, 0.1) is 18.0 Å². The Hall–Kier alpha value is -2.02. The summed E-state index contributed by atoms with van der Waals surface area (Å²) in [5.74, 6) is 2.90. The van der Waals surface area contributed by atoms with E-state index in [-0.39, 0.29) is 0 Å². The van der Waals surface area contributed by atoms with Gasteiger partial charge in [-0.15, -0.1) is 11.3 Å². The van der Waals surface area contributed by atoms with E-state index in [1.165, 1.54) is 22.2 Å². The Kier molecular flexibility index (Phi) is 3.75. The number of aryl methyl sites for hydroxylation is 4.